The third-order valence-corrected chi connectivity index (χ3v) is 4.29. The molecule has 2 aromatic carbocycles. The number of aromatic nitrogens is 1. The van der Waals surface area contributed by atoms with Gasteiger partial charge in [-0.15, -0.1) is 12.4 Å². The van der Waals surface area contributed by atoms with E-state index < -0.39 is 0 Å². The summed E-state index contributed by atoms with van der Waals surface area (Å²) in [7, 11) is 0. The van der Waals surface area contributed by atoms with Crippen LogP contribution in [0, 0.1) is 0 Å². The number of carbonyl (C=O) groups is 1. The molecule has 3 aromatic rings. The van der Waals surface area contributed by atoms with Crippen LogP contribution in [0.5, 0.6) is 0 Å². The number of rotatable bonds is 5. The van der Waals surface area contributed by atoms with Crippen LogP contribution < -0.4 is 11.1 Å². The van der Waals surface area contributed by atoms with Gasteiger partial charge in [0, 0.05) is 23.7 Å². The number of amides is 1. The van der Waals surface area contributed by atoms with E-state index in [0.29, 0.717) is 18.8 Å². The van der Waals surface area contributed by atoms with Crippen molar-refractivity contribution in [1.82, 2.24) is 4.98 Å². The summed E-state index contributed by atoms with van der Waals surface area (Å²) in [4.78, 5) is 16.7. The number of para-hydroxylation sites is 1. The van der Waals surface area contributed by atoms with Gasteiger partial charge in [-0.05, 0) is 49.1 Å². The number of nitrogen functional groups attached to an aromatic ring is 1. The van der Waals surface area contributed by atoms with Gasteiger partial charge in [0.1, 0.15) is 5.52 Å². The lowest BCUT2D eigenvalue weighted by Crippen LogP contribution is -2.12. The minimum absolute atomic E-state index is 0. The zero-order chi connectivity index (χ0) is 16.5. The smallest absolute Gasteiger partial charge is 0.224 e. The number of hydrogen-bond donors (Lipinski definition) is 2. The molecule has 1 fully saturated rings. The molecule has 1 heterocycles. The topological polar surface area (TPSA) is 81.2 Å². The molecule has 1 aromatic heterocycles. The molecule has 1 amide bonds. The molecule has 25 heavy (non-hydrogen) atoms. The van der Waals surface area contributed by atoms with Gasteiger partial charge in [-0.1, -0.05) is 18.2 Å². The summed E-state index contributed by atoms with van der Waals surface area (Å²) >= 11 is 0. The van der Waals surface area contributed by atoms with Crippen molar-refractivity contribution in [2.45, 2.75) is 31.6 Å². The molecule has 130 valence electrons. The number of fused-ring (bicyclic) bond motifs is 1. The Kier molecular flexibility index (Phi) is 4.95. The summed E-state index contributed by atoms with van der Waals surface area (Å²) in [6.07, 6.45) is 3.31. The van der Waals surface area contributed by atoms with E-state index in [0.717, 1.165) is 46.8 Å². The van der Waals surface area contributed by atoms with Gasteiger partial charge >= 0.3 is 0 Å². The largest absolute Gasteiger partial charge is 0.440 e. The number of aryl methyl sites for hydroxylation is 1. The molecule has 5 nitrogen and oxygen atoms in total. The van der Waals surface area contributed by atoms with E-state index in [-0.39, 0.29) is 18.3 Å². The van der Waals surface area contributed by atoms with Gasteiger partial charge < -0.3 is 15.5 Å². The van der Waals surface area contributed by atoms with Crippen LogP contribution in [-0.2, 0) is 11.2 Å². The predicted octanol–water partition coefficient (Wildman–Crippen LogP) is 4.28. The molecule has 0 aliphatic heterocycles. The van der Waals surface area contributed by atoms with Crippen molar-refractivity contribution in [3.8, 4) is 0 Å². The molecule has 1 saturated carbocycles. The molecule has 1 aliphatic carbocycles. The quantitative estimate of drug-likeness (QED) is 0.668. The maximum Gasteiger partial charge on any atom is 0.224 e. The van der Waals surface area contributed by atoms with E-state index in [1.807, 2.05) is 42.5 Å². The molecule has 0 saturated heterocycles. The number of hydrogen-bond acceptors (Lipinski definition) is 4. The molecule has 0 bridgehead atoms. The molecule has 0 radical (unpaired) electrons. The summed E-state index contributed by atoms with van der Waals surface area (Å²) < 4.78 is 5.73. The molecule has 6 heteroatoms. The number of oxazole rings is 1. The van der Waals surface area contributed by atoms with E-state index in [9.17, 15) is 4.79 Å². The molecule has 0 atom stereocenters. The summed E-state index contributed by atoms with van der Waals surface area (Å²) in [5, 5.41) is 2.92. The zero-order valence-corrected chi connectivity index (χ0v) is 14.5. The average Bonchev–Trinajstić information content (AvgIpc) is 3.34. The molecule has 3 N–H and O–H groups in total. The van der Waals surface area contributed by atoms with Gasteiger partial charge in [0.25, 0.3) is 0 Å². The van der Waals surface area contributed by atoms with E-state index >= 15 is 0 Å². The van der Waals surface area contributed by atoms with Crippen molar-refractivity contribution in [3.63, 3.8) is 0 Å². The molecule has 1 aliphatic rings. The fourth-order valence-corrected chi connectivity index (χ4v) is 2.76. The Hall–Kier alpha value is -2.53. The number of anilines is 2. The van der Waals surface area contributed by atoms with E-state index in [1.165, 1.54) is 0 Å². The Morgan fingerprint density at radius 3 is 2.80 bits per heavy atom. The molecular weight excluding hydrogens is 338 g/mol. The fourth-order valence-electron chi connectivity index (χ4n) is 2.76. The zero-order valence-electron chi connectivity index (χ0n) is 13.7. The van der Waals surface area contributed by atoms with Crippen molar-refractivity contribution in [2.24, 2.45) is 0 Å². The van der Waals surface area contributed by atoms with Crippen LogP contribution >= 0.6 is 12.4 Å². The van der Waals surface area contributed by atoms with Gasteiger partial charge in [-0.25, -0.2) is 4.98 Å². The first kappa shape index (κ1) is 17.3. The first-order chi connectivity index (χ1) is 11.7. The average molecular weight is 358 g/mol. The lowest BCUT2D eigenvalue weighted by Gasteiger charge is -2.06. The van der Waals surface area contributed by atoms with Gasteiger partial charge in [-0.3, -0.25) is 4.79 Å². The maximum absolute atomic E-state index is 12.2. The minimum Gasteiger partial charge on any atom is -0.440 e. The molecule has 0 unspecified atom stereocenters. The standard InChI is InChI=1S/C19H19N3O2.ClH/c20-15-4-2-1-3-12(15)7-10-18(23)21-14-8-9-17-16(11-14)22-19(24-17)13-5-6-13;/h1-4,8-9,11,13H,5-7,10,20H2,(H,21,23);1H. The number of halogens is 1. The second-order valence-electron chi connectivity index (χ2n) is 6.26. The monoisotopic (exact) mass is 357 g/mol. The Balaban J connectivity index is 0.00000182. The number of carbonyl (C=O) groups excluding carboxylic acids is 1. The third-order valence-electron chi connectivity index (χ3n) is 4.29. The van der Waals surface area contributed by atoms with Crippen LogP contribution in [0.1, 0.15) is 36.6 Å². The van der Waals surface area contributed by atoms with E-state index in [2.05, 4.69) is 10.3 Å². The highest BCUT2D eigenvalue weighted by molar-refractivity contribution is 5.93. The van der Waals surface area contributed by atoms with E-state index in [4.69, 9.17) is 10.2 Å². The Morgan fingerprint density at radius 2 is 2.04 bits per heavy atom. The first-order valence-electron chi connectivity index (χ1n) is 8.23. The Morgan fingerprint density at radius 1 is 1.24 bits per heavy atom. The highest BCUT2D eigenvalue weighted by Crippen LogP contribution is 2.40. The van der Waals surface area contributed by atoms with Gasteiger partial charge in [0.05, 0.1) is 0 Å². The van der Waals surface area contributed by atoms with Crippen LogP contribution in [0.3, 0.4) is 0 Å². The first-order valence-corrected chi connectivity index (χ1v) is 8.23. The number of nitrogens with one attached hydrogen (secondary N) is 1. The van der Waals surface area contributed by atoms with Crippen LogP contribution in [0.4, 0.5) is 11.4 Å². The minimum atomic E-state index is -0.0384. The lowest BCUT2D eigenvalue weighted by atomic mass is 10.1. The molecule has 4 rings (SSSR count). The van der Waals surface area contributed by atoms with Crippen molar-refractivity contribution in [2.75, 3.05) is 11.1 Å². The van der Waals surface area contributed by atoms with Crippen LogP contribution in [0.15, 0.2) is 46.9 Å². The van der Waals surface area contributed by atoms with Crippen LogP contribution in [0.2, 0.25) is 0 Å². The maximum atomic E-state index is 12.2. The summed E-state index contributed by atoms with van der Waals surface area (Å²) in [5.74, 6) is 1.25. The van der Waals surface area contributed by atoms with Gasteiger partial charge in [0.15, 0.2) is 11.5 Å². The normalized spacial score (nSPS) is 13.4. The van der Waals surface area contributed by atoms with Crippen LogP contribution in [-0.4, -0.2) is 10.9 Å². The van der Waals surface area contributed by atoms with Crippen LogP contribution in [0.25, 0.3) is 11.1 Å². The fraction of sp³-hybridized carbons (Fsp3) is 0.263. The lowest BCUT2D eigenvalue weighted by molar-refractivity contribution is -0.116. The molecule has 0 spiro atoms. The molecular formula is C19H20ClN3O2. The van der Waals surface area contributed by atoms with E-state index in [1.54, 1.807) is 0 Å². The number of nitrogens with two attached hydrogens (primary N) is 1. The van der Waals surface area contributed by atoms with Crippen molar-refractivity contribution in [1.29, 1.82) is 0 Å². The summed E-state index contributed by atoms with van der Waals surface area (Å²) in [5.41, 5.74) is 9.92. The van der Waals surface area contributed by atoms with Gasteiger partial charge in [-0.2, -0.15) is 0 Å². The highest BCUT2D eigenvalue weighted by atomic mass is 35.5. The van der Waals surface area contributed by atoms with Crippen molar-refractivity contribution >= 4 is 40.8 Å². The second kappa shape index (κ2) is 7.15. The second-order valence-corrected chi connectivity index (χ2v) is 6.26. The predicted molar refractivity (Wildman–Crippen MR) is 101 cm³/mol. The summed E-state index contributed by atoms with van der Waals surface area (Å²) in [6, 6.07) is 13.2. The number of nitrogens with zero attached hydrogens (tertiary/aromatic N) is 1. The van der Waals surface area contributed by atoms with Crippen molar-refractivity contribution < 1.29 is 9.21 Å². The van der Waals surface area contributed by atoms with Crippen molar-refractivity contribution in [3.05, 3.63) is 53.9 Å². The highest BCUT2D eigenvalue weighted by Gasteiger charge is 2.28. The van der Waals surface area contributed by atoms with Gasteiger partial charge in [0.2, 0.25) is 5.91 Å². The SMILES string of the molecule is Cl.Nc1ccccc1CCC(=O)Nc1ccc2oc(C3CC3)nc2c1. The summed E-state index contributed by atoms with van der Waals surface area (Å²) in [6.45, 7) is 0. The Labute approximate surface area is 152 Å². The third kappa shape index (κ3) is 3.94. The number of benzene rings is 2. The Bertz CT molecular complexity index is 903.